The number of rotatable bonds is 9. The normalized spacial score (nSPS) is 17.0. The summed E-state index contributed by atoms with van der Waals surface area (Å²) in [6.07, 6.45) is 8.11. The van der Waals surface area contributed by atoms with Gasteiger partial charge in [0.05, 0.1) is 35.1 Å². The molecule has 2 aromatic rings. The summed E-state index contributed by atoms with van der Waals surface area (Å²) in [4.78, 5) is 15.0. The van der Waals surface area contributed by atoms with Crippen molar-refractivity contribution in [2.45, 2.75) is 73.1 Å². The number of nitrogens with zero attached hydrogens (tertiary/aromatic N) is 3. The molecule has 2 atom stereocenters. The molecule has 0 spiro atoms. The van der Waals surface area contributed by atoms with Gasteiger partial charge in [0.25, 0.3) is 0 Å². The number of pyridine rings is 1. The van der Waals surface area contributed by atoms with Crippen LogP contribution in [0.2, 0.25) is 0 Å². The summed E-state index contributed by atoms with van der Waals surface area (Å²) in [5, 5.41) is 9.63. The molecule has 0 aromatic carbocycles. The molecule has 0 saturated heterocycles. The first kappa shape index (κ1) is 23.4. The van der Waals surface area contributed by atoms with E-state index in [1.54, 1.807) is 0 Å². The number of hydrogen-bond acceptors (Lipinski definition) is 5. The van der Waals surface area contributed by atoms with Crippen LogP contribution in [-0.2, 0) is 12.8 Å². The minimum Gasteiger partial charge on any atom is -0.478 e. The van der Waals surface area contributed by atoms with Gasteiger partial charge in [-0.15, -0.1) is 0 Å². The third kappa shape index (κ3) is 5.15. The molecule has 0 amide bonds. The van der Waals surface area contributed by atoms with Gasteiger partial charge in [-0.3, -0.25) is 0 Å². The highest BCUT2D eigenvalue weighted by atomic mass is 16.5. The van der Waals surface area contributed by atoms with E-state index in [4.69, 9.17) is 19.7 Å². The number of aliphatic hydroxyl groups is 1. The Balaban J connectivity index is 2.11. The van der Waals surface area contributed by atoms with Crippen LogP contribution in [-0.4, -0.2) is 33.3 Å². The molecule has 1 unspecified atom stereocenters. The van der Waals surface area contributed by atoms with Crippen LogP contribution in [0, 0.1) is 18.8 Å². The van der Waals surface area contributed by atoms with Crippen molar-refractivity contribution in [3.8, 4) is 17.1 Å². The molecule has 31 heavy (non-hydrogen) atoms. The second-order valence-corrected chi connectivity index (χ2v) is 8.33. The smallest absolute Gasteiger partial charge is 0.213 e. The lowest BCUT2D eigenvalue weighted by atomic mass is 9.88. The fraction of sp³-hybridized carbons (Fsp3) is 0.577. The van der Waals surface area contributed by atoms with Gasteiger partial charge in [-0.1, -0.05) is 26.8 Å². The Labute approximate surface area is 187 Å². The quantitative estimate of drug-likeness (QED) is 0.571. The minimum atomic E-state index is 0.199. The first-order valence-electron chi connectivity index (χ1n) is 11.9. The summed E-state index contributed by atoms with van der Waals surface area (Å²) in [5.41, 5.74) is 7.28. The Hall–Kier alpha value is -2.27. The number of hydrogen-bond donors (Lipinski definition) is 1. The van der Waals surface area contributed by atoms with E-state index >= 15 is 0 Å². The fourth-order valence-electron chi connectivity index (χ4n) is 4.53. The zero-order valence-corrected chi connectivity index (χ0v) is 19.7. The van der Waals surface area contributed by atoms with Crippen molar-refractivity contribution in [1.29, 1.82) is 0 Å². The number of fused-ring (bicyclic) bond motifs is 1. The van der Waals surface area contributed by atoms with E-state index in [0.29, 0.717) is 24.3 Å². The maximum absolute atomic E-state index is 9.63. The summed E-state index contributed by atoms with van der Waals surface area (Å²) in [7, 11) is 0. The third-order valence-electron chi connectivity index (χ3n) is 6.35. The Bertz CT molecular complexity index is 923. The van der Waals surface area contributed by atoms with Gasteiger partial charge in [0, 0.05) is 18.2 Å². The van der Waals surface area contributed by atoms with E-state index in [0.717, 1.165) is 72.6 Å². The van der Waals surface area contributed by atoms with Crippen molar-refractivity contribution in [1.82, 2.24) is 15.0 Å². The number of aliphatic hydroxyl groups excluding tert-OH is 1. The molecule has 2 aromatic heterocycles. The molecule has 0 radical (unpaired) electrons. The molecule has 3 rings (SSSR count). The second kappa shape index (κ2) is 10.9. The van der Waals surface area contributed by atoms with Gasteiger partial charge < -0.3 is 9.84 Å². The summed E-state index contributed by atoms with van der Waals surface area (Å²) in [6.45, 7) is 11.4. The Morgan fingerprint density at radius 3 is 2.55 bits per heavy atom. The molecule has 1 aliphatic rings. The fourth-order valence-corrected chi connectivity index (χ4v) is 4.53. The Morgan fingerprint density at radius 1 is 1.10 bits per heavy atom. The van der Waals surface area contributed by atoms with Crippen LogP contribution in [0.3, 0.4) is 0 Å². The van der Waals surface area contributed by atoms with Crippen molar-refractivity contribution in [3.63, 3.8) is 0 Å². The number of aryl methyl sites for hydroxylation is 3. The van der Waals surface area contributed by atoms with Crippen LogP contribution in [0.25, 0.3) is 16.8 Å². The van der Waals surface area contributed by atoms with Gasteiger partial charge in [-0.2, -0.15) is 0 Å². The number of allylic oxidation sites excluding steroid dienone is 2. The number of aromatic nitrogens is 3. The van der Waals surface area contributed by atoms with Crippen LogP contribution in [0.4, 0.5) is 0 Å². The zero-order valence-electron chi connectivity index (χ0n) is 19.7. The highest BCUT2D eigenvalue weighted by Crippen LogP contribution is 2.37. The molecule has 1 aliphatic carbocycles. The lowest BCUT2D eigenvalue weighted by Crippen LogP contribution is -2.11. The topological polar surface area (TPSA) is 68.1 Å². The molecule has 0 aliphatic heterocycles. The maximum atomic E-state index is 9.63. The second-order valence-electron chi connectivity index (χ2n) is 8.33. The standard InChI is InChI=1S/C26H37N3O2/c1-6-18-10-12-23-26(21(16-18)19(7-2)14-15-30)27-17(5)25(29-23)20-11-13-24(31-9-4)28-22(20)8-3/h11,13,16,18-19,30H,6-10,12,14-15H2,1-5H3/t18?,19-/m0/s1. The van der Waals surface area contributed by atoms with Gasteiger partial charge in [-0.05, 0) is 75.8 Å². The number of ether oxygens (including phenoxy) is 1. The molecule has 0 saturated carbocycles. The van der Waals surface area contributed by atoms with Crippen molar-refractivity contribution < 1.29 is 9.84 Å². The zero-order chi connectivity index (χ0) is 22.4. The van der Waals surface area contributed by atoms with Crippen LogP contribution in [0.1, 0.15) is 76.2 Å². The van der Waals surface area contributed by atoms with E-state index in [2.05, 4.69) is 32.9 Å². The van der Waals surface area contributed by atoms with Crippen LogP contribution >= 0.6 is 0 Å². The van der Waals surface area contributed by atoms with E-state index in [-0.39, 0.29) is 6.61 Å². The molecule has 2 heterocycles. The molecule has 0 bridgehead atoms. The predicted octanol–water partition coefficient (Wildman–Crippen LogP) is 5.57. The Morgan fingerprint density at radius 2 is 1.90 bits per heavy atom. The average molecular weight is 424 g/mol. The molecule has 0 fully saturated rings. The maximum Gasteiger partial charge on any atom is 0.213 e. The molecule has 168 valence electrons. The largest absolute Gasteiger partial charge is 0.478 e. The van der Waals surface area contributed by atoms with E-state index in [1.807, 2.05) is 19.9 Å². The lowest BCUT2D eigenvalue weighted by molar-refractivity contribution is 0.270. The molecule has 1 N–H and O–H groups in total. The molecular formula is C26H37N3O2. The molecular weight excluding hydrogens is 386 g/mol. The van der Waals surface area contributed by atoms with Gasteiger partial charge >= 0.3 is 0 Å². The lowest BCUT2D eigenvalue weighted by Gasteiger charge is -2.21. The van der Waals surface area contributed by atoms with Crippen molar-refractivity contribution in [2.75, 3.05) is 13.2 Å². The van der Waals surface area contributed by atoms with Crippen molar-refractivity contribution in [2.24, 2.45) is 11.8 Å². The summed E-state index contributed by atoms with van der Waals surface area (Å²) in [6, 6.07) is 4.00. The van der Waals surface area contributed by atoms with Gasteiger partial charge in [0.15, 0.2) is 0 Å². The third-order valence-corrected chi connectivity index (χ3v) is 6.35. The molecule has 5 nitrogen and oxygen atoms in total. The summed E-state index contributed by atoms with van der Waals surface area (Å²) in [5.74, 6) is 1.50. The first-order chi connectivity index (χ1) is 15.1. The average Bonchev–Trinajstić information content (AvgIpc) is 2.96. The highest BCUT2D eigenvalue weighted by Gasteiger charge is 2.26. The first-order valence-corrected chi connectivity index (χ1v) is 11.9. The van der Waals surface area contributed by atoms with E-state index in [9.17, 15) is 5.11 Å². The van der Waals surface area contributed by atoms with Gasteiger partial charge in [0.2, 0.25) is 5.88 Å². The van der Waals surface area contributed by atoms with Crippen molar-refractivity contribution in [3.05, 3.63) is 41.0 Å². The highest BCUT2D eigenvalue weighted by molar-refractivity contribution is 5.71. The van der Waals surface area contributed by atoms with Crippen molar-refractivity contribution >= 4 is 5.57 Å². The minimum absolute atomic E-state index is 0.199. The molecule has 5 heteroatoms. The monoisotopic (exact) mass is 423 g/mol. The van der Waals surface area contributed by atoms with E-state index < -0.39 is 0 Å². The Kier molecular flexibility index (Phi) is 8.19. The van der Waals surface area contributed by atoms with Gasteiger partial charge in [0.1, 0.15) is 0 Å². The SMILES string of the molecule is CCOc1ccc(-c2nc3c(nc2C)C([C@@H](CC)CCO)=CC(CC)CC3)c(CC)n1. The van der Waals surface area contributed by atoms with Crippen LogP contribution < -0.4 is 4.74 Å². The predicted molar refractivity (Wildman–Crippen MR) is 126 cm³/mol. The summed E-state index contributed by atoms with van der Waals surface area (Å²) < 4.78 is 5.60. The van der Waals surface area contributed by atoms with Crippen LogP contribution in [0.5, 0.6) is 5.88 Å². The van der Waals surface area contributed by atoms with Gasteiger partial charge in [-0.25, -0.2) is 15.0 Å². The summed E-state index contributed by atoms with van der Waals surface area (Å²) >= 11 is 0. The van der Waals surface area contributed by atoms with Crippen LogP contribution in [0.15, 0.2) is 18.2 Å². The van der Waals surface area contributed by atoms with E-state index in [1.165, 1.54) is 5.57 Å².